The molecule has 3 nitrogen and oxygen atoms in total. The third-order valence-corrected chi connectivity index (χ3v) is 4.38. The highest BCUT2D eigenvalue weighted by Crippen LogP contribution is 2.33. The van der Waals surface area contributed by atoms with Gasteiger partial charge in [-0.1, -0.05) is 19.8 Å². The number of nitrogens with one attached hydrogen (secondary N) is 1. The first kappa shape index (κ1) is 13.3. The molecule has 0 spiro atoms. The summed E-state index contributed by atoms with van der Waals surface area (Å²) in [7, 11) is 0. The van der Waals surface area contributed by atoms with Gasteiger partial charge in [0.2, 0.25) is 0 Å². The first-order chi connectivity index (χ1) is 8.28. The smallest absolute Gasteiger partial charge is 0.0590 e. The Balaban J connectivity index is 1.72. The monoisotopic (exact) mass is 240 g/mol. The maximum Gasteiger partial charge on any atom is 0.0590 e. The van der Waals surface area contributed by atoms with Crippen LogP contribution in [0.4, 0.5) is 0 Å². The molecule has 100 valence electrons. The zero-order chi connectivity index (χ0) is 12.1. The van der Waals surface area contributed by atoms with E-state index in [4.69, 9.17) is 10.5 Å². The molecule has 2 fully saturated rings. The van der Waals surface area contributed by atoms with Crippen molar-refractivity contribution in [1.29, 1.82) is 0 Å². The average molecular weight is 240 g/mol. The van der Waals surface area contributed by atoms with Gasteiger partial charge in [-0.3, -0.25) is 0 Å². The van der Waals surface area contributed by atoms with E-state index in [2.05, 4.69) is 12.2 Å². The Morgan fingerprint density at radius 2 is 2.24 bits per heavy atom. The van der Waals surface area contributed by atoms with Gasteiger partial charge in [-0.25, -0.2) is 0 Å². The fourth-order valence-electron chi connectivity index (χ4n) is 2.85. The van der Waals surface area contributed by atoms with Crippen LogP contribution in [0.1, 0.15) is 51.9 Å². The quantitative estimate of drug-likeness (QED) is 0.670. The standard InChI is InChI=1S/C14H28N2O/c1-2-13-10-14(11-15,7-9-17-13)16-8-3-4-12-5-6-12/h12-13,16H,2-11,15H2,1H3. The van der Waals surface area contributed by atoms with Gasteiger partial charge in [-0.2, -0.15) is 0 Å². The zero-order valence-corrected chi connectivity index (χ0v) is 11.2. The number of ether oxygens (including phenoxy) is 1. The van der Waals surface area contributed by atoms with Crippen molar-refractivity contribution < 1.29 is 4.74 Å². The molecule has 2 unspecified atom stereocenters. The van der Waals surface area contributed by atoms with Crippen LogP contribution in [0.2, 0.25) is 0 Å². The molecule has 2 atom stereocenters. The molecule has 3 N–H and O–H groups in total. The van der Waals surface area contributed by atoms with E-state index in [0.717, 1.165) is 44.9 Å². The molecule has 1 saturated carbocycles. The lowest BCUT2D eigenvalue weighted by molar-refractivity contribution is -0.0279. The van der Waals surface area contributed by atoms with Crippen molar-refractivity contribution in [2.45, 2.75) is 63.5 Å². The van der Waals surface area contributed by atoms with Crippen molar-refractivity contribution in [1.82, 2.24) is 5.32 Å². The zero-order valence-electron chi connectivity index (χ0n) is 11.2. The summed E-state index contributed by atoms with van der Waals surface area (Å²) in [5.41, 5.74) is 6.15. The molecule has 1 heterocycles. The van der Waals surface area contributed by atoms with E-state index in [1.807, 2.05) is 0 Å². The van der Waals surface area contributed by atoms with Crippen LogP contribution >= 0.6 is 0 Å². The second-order valence-electron chi connectivity index (χ2n) is 5.85. The summed E-state index contributed by atoms with van der Waals surface area (Å²) in [5.74, 6) is 1.05. The molecule has 1 aliphatic carbocycles. The van der Waals surface area contributed by atoms with Crippen LogP contribution in [0.3, 0.4) is 0 Å². The minimum absolute atomic E-state index is 0.155. The van der Waals surface area contributed by atoms with Crippen LogP contribution in [-0.4, -0.2) is 31.3 Å². The molecule has 0 amide bonds. The second kappa shape index (κ2) is 6.17. The van der Waals surface area contributed by atoms with Crippen molar-refractivity contribution in [3.05, 3.63) is 0 Å². The van der Waals surface area contributed by atoms with Crippen LogP contribution in [0.5, 0.6) is 0 Å². The second-order valence-corrected chi connectivity index (χ2v) is 5.85. The predicted octanol–water partition coefficient (Wildman–Crippen LogP) is 2.05. The third-order valence-electron chi connectivity index (χ3n) is 4.38. The molecule has 2 aliphatic rings. The van der Waals surface area contributed by atoms with Crippen LogP contribution in [-0.2, 0) is 4.74 Å². The number of rotatable bonds is 7. The topological polar surface area (TPSA) is 47.3 Å². The van der Waals surface area contributed by atoms with E-state index < -0.39 is 0 Å². The summed E-state index contributed by atoms with van der Waals surface area (Å²) in [6.45, 7) is 4.94. The fourth-order valence-corrected chi connectivity index (χ4v) is 2.85. The van der Waals surface area contributed by atoms with Crippen molar-refractivity contribution in [2.24, 2.45) is 11.7 Å². The van der Waals surface area contributed by atoms with Gasteiger partial charge in [-0.15, -0.1) is 0 Å². The lowest BCUT2D eigenvalue weighted by Gasteiger charge is -2.41. The SMILES string of the molecule is CCC1CC(CN)(NCCCC2CC2)CCO1. The Labute approximate surface area is 105 Å². The van der Waals surface area contributed by atoms with Gasteiger partial charge in [0.15, 0.2) is 0 Å². The minimum Gasteiger partial charge on any atom is -0.378 e. The van der Waals surface area contributed by atoms with E-state index in [9.17, 15) is 0 Å². The molecular formula is C14H28N2O. The Morgan fingerprint density at radius 3 is 2.88 bits per heavy atom. The number of hydrogen-bond acceptors (Lipinski definition) is 3. The highest BCUT2D eigenvalue weighted by molar-refractivity contribution is 4.94. The van der Waals surface area contributed by atoms with Crippen LogP contribution < -0.4 is 11.1 Å². The van der Waals surface area contributed by atoms with Crippen LogP contribution in [0, 0.1) is 5.92 Å². The largest absolute Gasteiger partial charge is 0.378 e. The van der Waals surface area contributed by atoms with Gasteiger partial charge < -0.3 is 15.8 Å². The predicted molar refractivity (Wildman–Crippen MR) is 71.0 cm³/mol. The Kier molecular flexibility index (Phi) is 4.83. The molecular weight excluding hydrogens is 212 g/mol. The molecule has 0 bridgehead atoms. The lowest BCUT2D eigenvalue weighted by atomic mass is 9.85. The minimum atomic E-state index is 0.155. The summed E-state index contributed by atoms with van der Waals surface area (Å²) >= 11 is 0. The maximum atomic E-state index is 5.99. The molecule has 0 aromatic heterocycles. The first-order valence-corrected chi connectivity index (χ1v) is 7.35. The maximum absolute atomic E-state index is 5.99. The van der Waals surface area contributed by atoms with Crippen molar-refractivity contribution >= 4 is 0 Å². The summed E-state index contributed by atoms with van der Waals surface area (Å²) in [6, 6.07) is 0. The first-order valence-electron chi connectivity index (χ1n) is 7.35. The van der Waals surface area contributed by atoms with Crippen molar-refractivity contribution in [2.75, 3.05) is 19.7 Å². The van der Waals surface area contributed by atoms with Gasteiger partial charge in [0.1, 0.15) is 0 Å². The normalized spacial score (nSPS) is 33.9. The van der Waals surface area contributed by atoms with Gasteiger partial charge in [0.25, 0.3) is 0 Å². The molecule has 0 radical (unpaired) electrons. The Hall–Kier alpha value is -0.120. The van der Waals surface area contributed by atoms with E-state index in [1.165, 1.54) is 25.7 Å². The van der Waals surface area contributed by atoms with E-state index in [0.29, 0.717) is 6.10 Å². The fraction of sp³-hybridized carbons (Fsp3) is 1.00. The third kappa shape index (κ3) is 3.94. The Morgan fingerprint density at radius 1 is 1.41 bits per heavy atom. The van der Waals surface area contributed by atoms with Gasteiger partial charge in [-0.05, 0) is 44.6 Å². The van der Waals surface area contributed by atoms with E-state index in [-0.39, 0.29) is 5.54 Å². The number of hydrogen-bond donors (Lipinski definition) is 2. The highest BCUT2D eigenvalue weighted by atomic mass is 16.5. The summed E-state index contributed by atoms with van der Waals surface area (Å²) < 4.78 is 5.74. The van der Waals surface area contributed by atoms with Crippen molar-refractivity contribution in [3.63, 3.8) is 0 Å². The van der Waals surface area contributed by atoms with Gasteiger partial charge in [0, 0.05) is 18.7 Å². The van der Waals surface area contributed by atoms with Crippen LogP contribution in [0.25, 0.3) is 0 Å². The van der Waals surface area contributed by atoms with Crippen LogP contribution in [0.15, 0.2) is 0 Å². The highest BCUT2D eigenvalue weighted by Gasteiger charge is 2.34. The Bertz CT molecular complexity index is 230. The van der Waals surface area contributed by atoms with Gasteiger partial charge >= 0.3 is 0 Å². The molecule has 0 aromatic rings. The van der Waals surface area contributed by atoms with Crippen molar-refractivity contribution in [3.8, 4) is 0 Å². The summed E-state index contributed by atoms with van der Waals surface area (Å²) in [4.78, 5) is 0. The molecule has 3 heteroatoms. The molecule has 17 heavy (non-hydrogen) atoms. The van der Waals surface area contributed by atoms with E-state index in [1.54, 1.807) is 0 Å². The average Bonchev–Trinajstić information content (AvgIpc) is 3.19. The summed E-state index contributed by atoms with van der Waals surface area (Å²) in [6.07, 6.45) is 9.31. The molecule has 1 saturated heterocycles. The van der Waals surface area contributed by atoms with E-state index >= 15 is 0 Å². The molecule has 0 aromatic carbocycles. The number of nitrogens with two attached hydrogens (primary N) is 1. The molecule has 1 aliphatic heterocycles. The molecule has 2 rings (SSSR count). The summed E-state index contributed by atoms with van der Waals surface area (Å²) in [5, 5.41) is 3.73. The lowest BCUT2D eigenvalue weighted by Crippen LogP contribution is -2.56. The van der Waals surface area contributed by atoms with Gasteiger partial charge in [0.05, 0.1) is 6.10 Å².